The van der Waals surface area contributed by atoms with Crippen LogP contribution in [0.4, 0.5) is 0 Å². The molecule has 0 bridgehead atoms. The summed E-state index contributed by atoms with van der Waals surface area (Å²) in [5, 5.41) is 120. The van der Waals surface area contributed by atoms with Crippen LogP contribution < -0.4 is 0 Å². The Bertz CT molecular complexity index is 1060. The first-order valence-electron chi connectivity index (χ1n) is 13.0. The normalized spacial score (nSPS) is 36.1. The van der Waals surface area contributed by atoms with Crippen LogP contribution in [0.15, 0.2) is 0 Å². The van der Waals surface area contributed by atoms with Crippen molar-refractivity contribution < 1.29 is 99.4 Å². The monoisotopic (exact) mass is 646 g/mol. The second-order valence-electron chi connectivity index (χ2n) is 11.5. The Morgan fingerprint density at radius 2 is 1.05 bits per heavy atom. The Hall–Kier alpha value is -2.60. The van der Waals surface area contributed by atoms with E-state index in [0.29, 0.717) is 0 Å². The number of aliphatic carboxylic acids is 4. The van der Waals surface area contributed by atoms with E-state index in [1.165, 1.54) is 0 Å². The summed E-state index contributed by atoms with van der Waals surface area (Å²) in [5.74, 6) is -7.59. The van der Waals surface area contributed by atoms with Crippen LogP contribution in [0.5, 0.6) is 0 Å². The van der Waals surface area contributed by atoms with Gasteiger partial charge in [-0.15, -0.1) is 0 Å². The average molecular weight is 647 g/mol. The molecule has 0 aromatic heterocycles. The standard InChI is InChI=1S/C24H38O20/c1-23(2,43-13(12(32)20(35)36)8(28)11(31)19(33)34)18-10(30)7(27)14(16(42-18)22(39)40)44-24(3,4)17-9(29)5(25)6(26)15(41-17)21(37)38/h5-18,25-32H,1-4H3,(H,33,34)(H,35,36)(H,37,38)(H,39,40)/t5?,6-,7?,8?,9?,10?,11?,12?,13-,14-,15?,16?,17+,18+/m0/s1. The third-order valence-corrected chi connectivity index (χ3v) is 7.42. The zero-order valence-electron chi connectivity index (χ0n) is 23.7. The molecule has 20 nitrogen and oxygen atoms in total. The summed E-state index contributed by atoms with van der Waals surface area (Å²) in [5.41, 5.74) is -4.13. The maximum atomic E-state index is 12.2. The Morgan fingerprint density at radius 3 is 1.50 bits per heavy atom. The molecule has 14 atom stereocenters. The van der Waals surface area contributed by atoms with Gasteiger partial charge in [0.05, 0.1) is 11.2 Å². The number of carboxylic acids is 4. The van der Waals surface area contributed by atoms with E-state index >= 15 is 0 Å². The number of aliphatic hydroxyl groups excluding tert-OH is 8. The molecule has 0 spiro atoms. The summed E-state index contributed by atoms with van der Waals surface area (Å²) in [6.45, 7) is 4.36. The predicted octanol–water partition coefficient (Wildman–Crippen LogP) is -5.93. The lowest BCUT2D eigenvalue weighted by Crippen LogP contribution is -2.70. The van der Waals surface area contributed by atoms with Crippen LogP contribution in [0.2, 0.25) is 0 Å². The van der Waals surface area contributed by atoms with Gasteiger partial charge in [0, 0.05) is 0 Å². The van der Waals surface area contributed by atoms with E-state index in [1.807, 2.05) is 0 Å². The lowest BCUT2D eigenvalue weighted by atomic mass is 9.84. The number of rotatable bonds is 13. The summed E-state index contributed by atoms with van der Waals surface area (Å²) in [4.78, 5) is 46.3. The first-order valence-corrected chi connectivity index (χ1v) is 13.0. The topological polar surface area (TPSA) is 348 Å². The molecule has 12 N–H and O–H groups in total. The van der Waals surface area contributed by atoms with E-state index in [9.17, 15) is 75.3 Å². The Kier molecular flexibility index (Phi) is 11.8. The number of hydrogen-bond acceptors (Lipinski definition) is 16. The van der Waals surface area contributed by atoms with Crippen molar-refractivity contribution in [3.8, 4) is 0 Å². The second kappa shape index (κ2) is 13.8. The van der Waals surface area contributed by atoms with Gasteiger partial charge < -0.3 is 80.2 Å². The molecule has 2 fully saturated rings. The molecular formula is C24H38O20. The third kappa shape index (κ3) is 7.61. The molecular weight excluding hydrogens is 608 g/mol. The van der Waals surface area contributed by atoms with Crippen molar-refractivity contribution in [1.82, 2.24) is 0 Å². The lowest BCUT2D eigenvalue weighted by Gasteiger charge is -2.51. The Morgan fingerprint density at radius 1 is 0.614 bits per heavy atom. The highest BCUT2D eigenvalue weighted by Gasteiger charge is 2.58. The van der Waals surface area contributed by atoms with Crippen molar-refractivity contribution in [2.75, 3.05) is 0 Å². The van der Waals surface area contributed by atoms with Crippen LogP contribution in [-0.4, -0.2) is 182 Å². The number of aliphatic hydroxyl groups is 8. The fourth-order valence-electron chi connectivity index (χ4n) is 5.06. The van der Waals surface area contributed by atoms with Crippen molar-refractivity contribution in [2.45, 2.75) is 124 Å². The van der Waals surface area contributed by atoms with Crippen LogP contribution in [0, 0.1) is 0 Å². The smallest absolute Gasteiger partial charge is 0.335 e. The molecule has 0 saturated carbocycles. The predicted molar refractivity (Wildman–Crippen MR) is 134 cm³/mol. The maximum absolute atomic E-state index is 12.2. The van der Waals surface area contributed by atoms with Gasteiger partial charge in [0.15, 0.2) is 24.4 Å². The molecule has 20 heteroatoms. The zero-order valence-corrected chi connectivity index (χ0v) is 23.7. The fraction of sp³-hybridized carbons (Fsp3) is 0.833. The van der Waals surface area contributed by atoms with Crippen molar-refractivity contribution in [2.24, 2.45) is 0 Å². The second-order valence-corrected chi connectivity index (χ2v) is 11.5. The first-order chi connectivity index (χ1) is 20.0. The van der Waals surface area contributed by atoms with Crippen LogP contribution in [0.1, 0.15) is 27.7 Å². The minimum atomic E-state index is -2.67. The molecule has 0 radical (unpaired) electrons. The molecule has 2 rings (SSSR count). The fourth-order valence-corrected chi connectivity index (χ4v) is 5.06. The maximum Gasteiger partial charge on any atom is 0.335 e. The molecule has 0 aliphatic carbocycles. The van der Waals surface area contributed by atoms with Gasteiger partial charge in [-0.05, 0) is 27.7 Å². The van der Waals surface area contributed by atoms with E-state index in [1.54, 1.807) is 0 Å². The van der Waals surface area contributed by atoms with Gasteiger partial charge in [-0.3, -0.25) is 0 Å². The highest BCUT2D eigenvalue weighted by atomic mass is 16.6. The minimum Gasteiger partial charge on any atom is -0.479 e. The molecule has 0 aromatic carbocycles. The molecule has 0 amide bonds. The van der Waals surface area contributed by atoms with Crippen LogP contribution in [0.25, 0.3) is 0 Å². The van der Waals surface area contributed by atoms with E-state index < -0.39 is 121 Å². The Labute approximate surface area is 248 Å². The third-order valence-electron chi connectivity index (χ3n) is 7.42. The van der Waals surface area contributed by atoms with Crippen molar-refractivity contribution in [1.29, 1.82) is 0 Å². The van der Waals surface area contributed by atoms with Crippen LogP contribution >= 0.6 is 0 Å². The first kappa shape index (κ1) is 37.6. The molecule has 9 unspecified atom stereocenters. The van der Waals surface area contributed by atoms with Gasteiger partial charge in [-0.2, -0.15) is 0 Å². The summed E-state index contributed by atoms with van der Waals surface area (Å²) >= 11 is 0. The van der Waals surface area contributed by atoms with Crippen LogP contribution in [0.3, 0.4) is 0 Å². The largest absolute Gasteiger partial charge is 0.479 e. The van der Waals surface area contributed by atoms with Gasteiger partial charge in [-0.1, -0.05) is 0 Å². The number of hydrogen-bond donors (Lipinski definition) is 12. The zero-order chi connectivity index (χ0) is 34.2. The lowest BCUT2D eigenvalue weighted by molar-refractivity contribution is -0.318. The number of carbonyl (C=O) groups is 4. The van der Waals surface area contributed by atoms with Gasteiger partial charge >= 0.3 is 23.9 Å². The highest BCUT2D eigenvalue weighted by Crippen LogP contribution is 2.38. The van der Waals surface area contributed by atoms with E-state index in [2.05, 4.69) is 0 Å². The SMILES string of the molecule is CC(C)(O[C@@H]1C(C(=O)O)O[C@@H](C(C)(C)O[C@H](C(O)C(=O)O)C(O)C(O)C(=O)O)C(O)C1O)[C@@H]1OC(C(=O)O)[C@@H](O)C(O)C1O. The molecule has 2 heterocycles. The molecule has 44 heavy (non-hydrogen) atoms. The molecule has 2 aliphatic rings. The van der Waals surface area contributed by atoms with Gasteiger partial charge in [-0.25, -0.2) is 19.2 Å². The number of carboxylic acid groups (broad SMARTS) is 4. The summed E-state index contributed by atoms with van der Waals surface area (Å²) in [7, 11) is 0. The average Bonchev–Trinajstić information content (AvgIpc) is 2.90. The van der Waals surface area contributed by atoms with E-state index in [-0.39, 0.29) is 0 Å². The molecule has 0 aromatic rings. The molecule has 2 aliphatic heterocycles. The Balaban J connectivity index is 2.40. The van der Waals surface area contributed by atoms with Gasteiger partial charge in [0.2, 0.25) is 0 Å². The molecule has 254 valence electrons. The highest BCUT2D eigenvalue weighted by molar-refractivity contribution is 5.75. The van der Waals surface area contributed by atoms with Crippen LogP contribution in [-0.2, 0) is 38.1 Å². The summed E-state index contributed by atoms with van der Waals surface area (Å²) in [6.07, 6.45) is -30.8. The number of ether oxygens (including phenoxy) is 4. The summed E-state index contributed by atoms with van der Waals surface area (Å²) in [6, 6.07) is 0. The van der Waals surface area contributed by atoms with E-state index in [4.69, 9.17) is 24.1 Å². The quantitative estimate of drug-likeness (QED) is 0.0885. The van der Waals surface area contributed by atoms with Crippen molar-refractivity contribution in [3.63, 3.8) is 0 Å². The summed E-state index contributed by atoms with van der Waals surface area (Å²) < 4.78 is 21.8. The molecule has 2 saturated heterocycles. The van der Waals surface area contributed by atoms with Crippen molar-refractivity contribution >= 4 is 23.9 Å². The van der Waals surface area contributed by atoms with E-state index in [0.717, 1.165) is 27.7 Å². The minimum absolute atomic E-state index is 1.03. The van der Waals surface area contributed by atoms with Gasteiger partial charge in [0.1, 0.15) is 61.0 Å². The van der Waals surface area contributed by atoms with Crippen molar-refractivity contribution in [3.05, 3.63) is 0 Å². The van der Waals surface area contributed by atoms with Gasteiger partial charge in [0.25, 0.3) is 0 Å².